The van der Waals surface area contributed by atoms with Gasteiger partial charge in [-0.15, -0.1) is 28.6 Å². The maximum atomic E-state index is 12.8. The van der Waals surface area contributed by atoms with Gasteiger partial charge in [0.2, 0.25) is 0 Å². The highest BCUT2D eigenvalue weighted by molar-refractivity contribution is 8.22. The first-order valence-electron chi connectivity index (χ1n) is 5.96. The van der Waals surface area contributed by atoms with E-state index < -0.39 is 5.97 Å². The van der Waals surface area contributed by atoms with E-state index in [-0.39, 0.29) is 11.5 Å². The van der Waals surface area contributed by atoms with Crippen LogP contribution in [0, 0.1) is 5.82 Å². The van der Waals surface area contributed by atoms with Gasteiger partial charge in [0.25, 0.3) is 0 Å². The summed E-state index contributed by atoms with van der Waals surface area (Å²) in [6.07, 6.45) is 1.10. The number of methoxy groups -OCH3 is 1. The summed E-state index contributed by atoms with van der Waals surface area (Å²) in [5.74, 6) is 1.06. The summed E-state index contributed by atoms with van der Waals surface area (Å²) >= 11 is 3.16. The van der Waals surface area contributed by atoms with Crippen LogP contribution in [0.15, 0.2) is 44.4 Å². The largest absolute Gasteiger partial charge is 0.464 e. The molecule has 2 rings (SSSR count). The molecular formula is C13H13FN2O2S2. The SMILES string of the molecule is COC(=O)C(N=Nc1ccc(F)cc1)=C1SCCCS1. The van der Waals surface area contributed by atoms with Crippen molar-refractivity contribution in [2.24, 2.45) is 10.2 Å². The van der Waals surface area contributed by atoms with E-state index in [2.05, 4.69) is 10.2 Å². The first-order valence-corrected chi connectivity index (χ1v) is 7.93. The van der Waals surface area contributed by atoms with Crippen LogP contribution in [-0.2, 0) is 9.53 Å². The standard InChI is InChI=1S/C13H13FN2O2S2/c1-18-12(17)11(13-19-7-2-8-20-13)16-15-10-5-3-9(14)4-6-10/h3-6H,2,7-8H2,1H3. The van der Waals surface area contributed by atoms with Gasteiger partial charge in [-0.2, -0.15) is 5.11 Å². The van der Waals surface area contributed by atoms with Crippen LogP contribution < -0.4 is 0 Å². The smallest absolute Gasteiger partial charge is 0.360 e. The molecule has 0 aromatic heterocycles. The minimum Gasteiger partial charge on any atom is -0.464 e. The normalized spacial score (nSPS) is 15.4. The molecule has 1 aliphatic rings. The molecule has 0 aliphatic carbocycles. The lowest BCUT2D eigenvalue weighted by Crippen LogP contribution is -2.06. The molecule has 1 saturated heterocycles. The second-order valence-electron chi connectivity index (χ2n) is 3.85. The van der Waals surface area contributed by atoms with Gasteiger partial charge in [-0.1, -0.05) is 0 Å². The summed E-state index contributed by atoms with van der Waals surface area (Å²) in [6.45, 7) is 0. The zero-order valence-corrected chi connectivity index (χ0v) is 12.5. The quantitative estimate of drug-likeness (QED) is 0.478. The molecule has 1 fully saturated rings. The zero-order valence-electron chi connectivity index (χ0n) is 10.8. The minimum absolute atomic E-state index is 0.214. The molecule has 20 heavy (non-hydrogen) atoms. The fourth-order valence-corrected chi connectivity index (χ4v) is 3.93. The number of hydrogen-bond acceptors (Lipinski definition) is 6. The van der Waals surface area contributed by atoms with Gasteiger partial charge in [-0.3, -0.25) is 0 Å². The van der Waals surface area contributed by atoms with Crippen molar-refractivity contribution in [3.05, 3.63) is 40.0 Å². The molecule has 7 heteroatoms. The topological polar surface area (TPSA) is 51.0 Å². The fraction of sp³-hybridized carbons (Fsp3) is 0.308. The van der Waals surface area contributed by atoms with Crippen molar-refractivity contribution >= 4 is 35.2 Å². The zero-order chi connectivity index (χ0) is 14.4. The van der Waals surface area contributed by atoms with E-state index in [1.165, 1.54) is 31.4 Å². The van der Waals surface area contributed by atoms with Crippen molar-refractivity contribution in [3.63, 3.8) is 0 Å². The van der Waals surface area contributed by atoms with Crippen molar-refractivity contribution in [2.75, 3.05) is 18.6 Å². The van der Waals surface area contributed by atoms with Crippen LogP contribution in [0.3, 0.4) is 0 Å². The first kappa shape index (κ1) is 15.1. The molecule has 0 atom stereocenters. The lowest BCUT2D eigenvalue weighted by Gasteiger charge is -2.13. The molecule has 0 radical (unpaired) electrons. The number of thioether (sulfide) groups is 2. The van der Waals surface area contributed by atoms with Crippen LogP contribution in [0.2, 0.25) is 0 Å². The summed E-state index contributed by atoms with van der Waals surface area (Å²) in [6, 6.07) is 5.59. The Morgan fingerprint density at radius 3 is 2.50 bits per heavy atom. The van der Waals surface area contributed by atoms with E-state index in [0.717, 1.165) is 22.2 Å². The number of carbonyl (C=O) groups is 1. The Morgan fingerprint density at radius 2 is 1.90 bits per heavy atom. The second kappa shape index (κ2) is 7.44. The minimum atomic E-state index is -0.507. The number of halogens is 1. The number of ether oxygens (including phenoxy) is 1. The van der Waals surface area contributed by atoms with Crippen molar-refractivity contribution in [1.82, 2.24) is 0 Å². The van der Waals surface area contributed by atoms with Gasteiger partial charge in [0.05, 0.1) is 17.0 Å². The highest BCUT2D eigenvalue weighted by Gasteiger charge is 2.19. The molecule has 1 aromatic rings. The Hall–Kier alpha value is -1.34. The highest BCUT2D eigenvalue weighted by Crippen LogP contribution is 2.38. The number of carbonyl (C=O) groups excluding carboxylic acids is 1. The molecule has 1 aromatic carbocycles. The maximum absolute atomic E-state index is 12.8. The van der Waals surface area contributed by atoms with E-state index >= 15 is 0 Å². The molecule has 0 saturated carbocycles. The lowest BCUT2D eigenvalue weighted by molar-refractivity contribution is -0.136. The summed E-state index contributed by atoms with van der Waals surface area (Å²) in [7, 11) is 1.31. The Kier molecular flexibility index (Phi) is 5.60. The molecule has 0 N–H and O–H groups in total. The maximum Gasteiger partial charge on any atom is 0.360 e. The molecule has 0 spiro atoms. The Morgan fingerprint density at radius 1 is 1.25 bits per heavy atom. The summed E-state index contributed by atoms with van der Waals surface area (Å²) in [5, 5.41) is 7.95. The summed E-state index contributed by atoms with van der Waals surface area (Å²) in [5.41, 5.74) is 0.700. The van der Waals surface area contributed by atoms with E-state index in [9.17, 15) is 9.18 Å². The van der Waals surface area contributed by atoms with Crippen molar-refractivity contribution in [1.29, 1.82) is 0 Å². The number of hydrogen-bond donors (Lipinski definition) is 0. The molecule has 1 heterocycles. The number of esters is 1. The van der Waals surface area contributed by atoms with Crippen LogP contribution in [0.25, 0.3) is 0 Å². The van der Waals surface area contributed by atoms with E-state index in [1.807, 2.05) is 0 Å². The molecule has 0 bridgehead atoms. The van der Waals surface area contributed by atoms with Gasteiger partial charge >= 0.3 is 5.97 Å². The average Bonchev–Trinajstić information content (AvgIpc) is 2.50. The highest BCUT2D eigenvalue weighted by atomic mass is 32.2. The number of azo groups is 1. The third-order valence-electron chi connectivity index (χ3n) is 2.42. The van der Waals surface area contributed by atoms with E-state index in [4.69, 9.17) is 4.74 Å². The summed E-state index contributed by atoms with van der Waals surface area (Å²) in [4.78, 5) is 11.8. The van der Waals surface area contributed by atoms with Gasteiger partial charge < -0.3 is 4.74 Å². The van der Waals surface area contributed by atoms with Gasteiger partial charge in [0.1, 0.15) is 5.82 Å². The van der Waals surface area contributed by atoms with Crippen molar-refractivity contribution in [3.8, 4) is 0 Å². The molecule has 0 amide bonds. The fourth-order valence-electron chi connectivity index (χ4n) is 1.44. The van der Waals surface area contributed by atoms with Crippen LogP contribution in [0.4, 0.5) is 10.1 Å². The Balaban J connectivity index is 2.23. The molecule has 4 nitrogen and oxygen atoms in total. The van der Waals surface area contributed by atoms with E-state index in [0.29, 0.717) is 5.69 Å². The molecular weight excluding hydrogens is 299 g/mol. The van der Waals surface area contributed by atoms with Crippen LogP contribution in [0.1, 0.15) is 6.42 Å². The van der Waals surface area contributed by atoms with Crippen LogP contribution in [0.5, 0.6) is 0 Å². The van der Waals surface area contributed by atoms with Gasteiger partial charge in [-0.25, -0.2) is 9.18 Å². The predicted molar refractivity (Wildman–Crippen MR) is 79.5 cm³/mol. The summed E-state index contributed by atoms with van der Waals surface area (Å²) < 4.78 is 18.4. The molecule has 0 unspecified atom stereocenters. The second-order valence-corrected chi connectivity index (χ2v) is 6.32. The monoisotopic (exact) mass is 312 g/mol. The number of benzene rings is 1. The molecule has 106 valence electrons. The van der Waals surface area contributed by atoms with Crippen LogP contribution >= 0.6 is 23.5 Å². The third kappa shape index (κ3) is 4.08. The Bertz CT molecular complexity index is 536. The van der Waals surface area contributed by atoms with E-state index in [1.54, 1.807) is 23.5 Å². The lowest BCUT2D eigenvalue weighted by atomic mass is 10.3. The van der Waals surface area contributed by atoms with Crippen LogP contribution in [-0.4, -0.2) is 24.6 Å². The first-order chi connectivity index (χ1) is 9.70. The molecule has 1 aliphatic heterocycles. The number of nitrogens with zero attached hydrogens (tertiary/aromatic N) is 2. The predicted octanol–water partition coefficient (Wildman–Crippen LogP) is 4.12. The number of rotatable bonds is 3. The van der Waals surface area contributed by atoms with Crippen molar-refractivity contribution < 1.29 is 13.9 Å². The van der Waals surface area contributed by atoms with Gasteiger partial charge in [0, 0.05) is 0 Å². The Labute approximate surface area is 124 Å². The third-order valence-corrected chi connectivity index (χ3v) is 5.02. The average molecular weight is 312 g/mol. The van der Waals surface area contributed by atoms with Gasteiger partial charge in [0.15, 0.2) is 5.70 Å². The van der Waals surface area contributed by atoms with Crippen molar-refractivity contribution in [2.45, 2.75) is 6.42 Å². The van der Waals surface area contributed by atoms with Gasteiger partial charge in [-0.05, 0) is 42.2 Å².